The smallest absolute Gasteiger partial charge is 0.127 e. The largest absolute Gasteiger partial charge is 0.744 e. The molecule has 0 aliphatic heterocycles. The van der Waals surface area contributed by atoms with Crippen molar-refractivity contribution >= 4 is 10.1 Å². The summed E-state index contributed by atoms with van der Waals surface area (Å²) >= 11 is 0. The average molecular weight is 193 g/mol. The molecule has 0 radical (unpaired) electrons. The zero-order valence-corrected chi connectivity index (χ0v) is 6.44. The van der Waals surface area contributed by atoms with Crippen LogP contribution in [0.1, 0.15) is 0 Å². The van der Waals surface area contributed by atoms with E-state index in [1.807, 2.05) is 0 Å². The fraction of sp³-hybridized carbons (Fsp3) is 0. The van der Waals surface area contributed by atoms with Crippen LogP contribution < -0.4 is 0 Å². The standard InChI is InChI=1S/C6H4F2O3S/c7-4-1-5(8)3-6(2-4)12(9,10)11/h1-3H,(H,9,10,11)/p-1. The topological polar surface area (TPSA) is 57.2 Å². The SMILES string of the molecule is O=S(=O)([O-])c1cc(F)cc(F)c1. The summed E-state index contributed by atoms with van der Waals surface area (Å²) in [7, 11) is -4.78. The number of rotatable bonds is 1. The zero-order valence-electron chi connectivity index (χ0n) is 5.62. The molecule has 66 valence electrons. The molecule has 0 aromatic heterocycles. The second kappa shape index (κ2) is 2.80. The molecule has 0 atom stereocenters. The van der Waals surface area contributed by atoms with E-state index in [0.29, 0.717) is 18.2 Å². The van der Waals surface area contributed by atoms with Gasteiger partial charge in [0.25, 0.3) is 0 Å². The molecule has 6 heteroatoms. The Hall–Kier alpha value is -1.01. The van der Waals surface area contributed by atoms with Gasteiger partial charge in [-0.25, -0.2) is 17.2 Å². The van der Waals surface area contributed by atoms with Crippen molar-refractivity contribution < 1.29 is 21.8 Å². The summed E-state index contributed by atoms with van der Waals surface area (Å²) in [6.07, 6.45) is 0. The van der Waals surface area contributed by atoms with Crippen LogP contribution in [0.2, 0.25) is 0 Å². The van der Waals surface area contributed by atoms with Crippen LogP contribution in [-0.2, 0) is 10.1 Å². The number of hydrogen-bond acceptors (Lipinski definition) is 3. The molecule has 1 aromatic carbocycles. The number of halogens is 2. The van der Waals surface area contributed by atoms with E-state index in [4.69, 9.17) is 0 Å². The van der Waals surface area contributed by atoms with Gasteiger partial charge in [0.05, 0.1) is 4.90 Å². The summed E-state index contributed by atoms with van der Waals surface area (Å²) < 4.78 is 55.4. The first-order valence-corrected chi connectivity index (χ1v) is 4.22. The van der Waals surface area contributed by atoms with Crippen molar-refractivity contribution in [2.24, 2.45) is 0 Å². The maximum Gasteiger partial charge on any atom is 0.127 e. The second-order valence-electron chi connectivity index (χ2n) is 2.06. The highest BCUT2D eigenvalue weighted by atomic mass is 32.2. The van der Waals surface area contributed by atoms with Crippen molar-refractivity contribution in [2.75, 3.05) is 0 Å². The van der Waals surface area contributed by atoms with E-state index >= 15 is 0 Å². The lowest BCUT2D eigenvalue weighted by atomic mass is 10.3. The summed E-state index contributed by atoms with van der Waals surface area (Å²) in [5, 5.41) is 0. The third-order valence-corrected chi connectivity index (χ3v) is 1.94. The molecule has 0 fully saturated rings. The van der Waals surface area contributed by atoms with Crippen molar-refractivity contribution in [1.29, 1.82) is 0 Å². The Kier molecular flexibility index (Phi) is 2.12. The molecule has 0 unspecified atom stereocenters. The minimum Gasteiger partial charge on any atom is -0.744 e. The molecule has 0 saturated carbocycles. The summed E-state index contributed by atoms with van der Waals surface area (Å²) in [5.74, 6) is -2.19. The van der Waals surface area contributed by atoms with Crippen molar-refractivity contribution in [2.45, 2.75) is 4.90 Å². The first-order chi connectivity index (χ1) is 5.39. The maximum atomic E-state index is 12.3. The number of hydrogen-bond donors (Lipinski definition) is 0. The molecule has 0 heterocycles. The van der Waals surface area contributed by atoms with E-state index in [-0.39, 0.29) is 0 Å². The van der Waals surface area contributed by atoms with Crippen LogP contribution in [-0.4, -0.2) is 13.0 Å². The van der Waals surface area contributed by atoms with E-state index < -0.39 is 26.6 Å². The molecule has 1 rings (SSSR count). The quantitative estimate of drug-likeness (QED) is 0.622. The van der Waals surface area contributed by atoms with Crippen LogP contribution in [0.4, 0.5) is 8.78 Å². The Bertz CT molecular complexity index is 379. The molecule has 0 amide bonds. The molecule has 0 bridgehead atoms. The first kappa shape index (κ1) is 9.08. The van der Waals surface area contributed by atoms with E-state index in [0.717, 1.165) is 0 Å². The second-order valence-corrected chi connectivity index (χ2v) is 3.44. The van der Waals surface area contributed by atoms with Crippen LogP contribution in [0, 0.1) is 11.6 Å². The van der Waals surface area contributed by atoms with Crippen LogP contribution in [0.3, 0.4) is 0 Å². The molecule has 3 nitrogen and oxygen atoms in total. The summed E-state index contributed by atoms with van der Waals surface area (Å²) in [4.78, 5) is -0.903. The molecule has 0 aliphatic rings. The monoisotopic (exact) mass is 193 g/mol. The van der Waals surface area contributed by atoms with Crippen molar-refractivity contribution in [3.05, 3.63) is 29.8 Å². The summed E-state index contributed by atoms with van der Waals surface area (Å²) in [6, 6.07) is 1.41. The van der Waals surface area contributed by atoms with Crippen LogP contribution in [0.25, 0.3) is 0 Å². The van der Waals surface area contributed by atoms with Gasteiger partial charge in [-0.2, -0.15) is 0 Å². The molecular formula is C6H3F2O3S-. The van der Waals surface area contributed by atoms with Gasteiger partial charge in [0.1, 0.15) is 21.8 Å². The Morgan fingerprint density at radius 2 is 1.50 bits per heavy atom. The first-order valence-electron chi connectivity index (χ1n) is 2.81. The average Bonchev–Trinajstić information content (AvgIpc) is 1.82. The number of benzene rings is 1. The molecule has 0 spiro atoms. The Balaban J connectivity index is 3.37. The van der Waals surface area contributed by atoms with E-state index in [2.05, 4.69) is 0 Å². The highest BCUT2D eigenvalue weighted by molar-refractivity contribution is 7.85. The lowest BCUT2D eigenvalue weighted by molar-refractivity contribution is 0.460. The van der Waals surface area contributed by atoms with E-state index in [1.165, 1.54) is 0 Å². The van der Waals surface area contributed by atoms with Gasteiger partial charge < -0.3 is 4.55 Å². The van der Waals surface area contributed by atoms with Crippen LogP contribution in [0.15, 0.2) is 23.1 Å². The lowest BCUT2D eigenvalue weighted by Gasteiger charge is -2.06. The normalized spacial score (nSPS) is 11.6. The molecular weight excluding hydrogens is 190 g/mol. The summed E-state index contributed by atoms with van der Waals surface area (Å²) in [6.45, 7) is 0. The highest BCUT2D eigenvalue weighted by Gasteiger charge is 2.05. The third kappa shape index (κ3) is 1.99. The zero-order chi connectivity index (χ0) is 9.35. The van der Waals surface area contributed by atoms with Gasteiger partial charge in [-0.15, -0.1) is 0 Å². The van der Waals surface area contributed by atoms with E-state index in [9.17, 15) is 21.8 Å². The summed E-state index contributed by atoms with van der Waals surface area (Å²) in [5.41, 5.74) is 0. The van der Waals surface area contributed by atoms with Crippen molar-refractivity contribution in [1.82, 2.24) is 0 Å². The van der Waals surface area contributed by atoms with Gasteiger partial charge in [-0.3, -0.25) is 0 Å². The lowest BCUT2D eigenvalue weighted by Crippen LogP contribution is -1.99. The molecule has 0 aliphatic carbocycles. The predicted octanol–water partition coefficient (Wildman–Crippen LogP) is 0.869. The minimum atomic E-state index is -4.78. The van der Waals surface area contributed by atoms with Gasteiger partial charge in [-0.1, -0.05) is 0 Å². The molecule has 0 N–H and O–H groups in total. The third-order valence-electron chi connectivity index (χ3n) is 1.12. The van der Waals surface area contributed by atoms with Crippen molar-refractivity contribution in [3.8, 4) is 0 Å². The van der Waals surface area contributed by atoms with Gasteiger partial charge in [0.2, 0.25) is 0 Å². The fourth-order valence-corrected chi connectivity index (χ4v) is 1.19. The maximum absolute atomic E-state index is 12.3. The van der Waals surface area contributed by atoms with Crippen molar-refractivity contribution in [3.63, 3.8) is 0 Å². The fourth-order valence-electron chi connectivity index (χ4n) is 0.673. The van der Waals surface area contributed by atoms with E-state index in [1.54, 1.807) is 0 Å². The minimum absolute atomic E-state index is 0.464. The van der Waals surface area contributed by atoms with Gasteiger partial charge in [0, 0.05) is 6.07 Å². The molecule has 12 heavy (non-hydrogen) atoms. The molecule has 1 aromatic rings. The Labute approximate surface area is 67.4 Å². The van der Waals surface area contributed by atoms with Gasteiger partial charge in [-0.05, 0) is 12.1 Å². The Morgan fingerprint density at radius 3 is 1.83 bits per heavy atom. The van der Waals surface area contributed by atoms with Crippen LogP contribution >= 0.6 is 0 Å². The molecule has 0 saturated heterocycles. The predicted molar refractivity (Wildman–Crippen MR) is 34.3 cm³/mol. The van der Waals surface area contributed by atoms with Gasteiger partial charge in [0.15, 0.2) is 0 Å². The van der Waals surface area contributed by atoms with Crippen LogP contribution in [0.5, 0.6) is 0 Å². The Morgan fingerprint density at radius 1 is 1.08 bits per heavy atom. The van der Waals surface area contributed by atoms with Gasteiger partial charge >= 0.3 is 0 Å². The highest BCUT2D eigenvalue weighted by Crippen LogP contribution is 2.12.